The van der Waals surface area contributed by atoms with Gasteiger partial charge in [-0.25, -0.2) is 0 Å². The maximum absolute atomic E-state index is 4.19. The number of nitrogens with zero attached hydrogens (tertiary/aromatic N) is 2. The molecule has 0 bridgehead atoms. The number of aromatic nitrogens is 2. The number of benzene rings is 1. The summed E-state index contributed by atoms with van der Waals surface area (Å²) in [4.78, 5) is 0. The van der Waals surface area contributed by atoms with E-state index in [0.29, 0.717) is 0 Å². The summed E-state index contributed by atoms with van der Waals surface area (Å²) in [5.41, 5.74) is 3.39. The van der Waals surface area contributed by atoms with E-state index in [4.69, 9.17) is 0 Å². The number of unbranched alkanes of at least 4 members (excludes halogenated alkanes) is 2. The Hall–Kier alpha value is -1.70. The fourth-order valence-electron chi connectivity index (χ4n) is 1.87. The molecule has 0 aliphatic carbocycles. The van der Waals surface area contributed by atoms with E-state index >= 15 is 0 Å². The fraction of sp³-hybridized carbons (Fsp3) is 0.333. The van der Waals surface area contributed by atoms with Crippen molar-refractivity contribution < 1.29 is 0 Å². The summed E-state index contributed by atoms with van der Waals surface area (Å²) in [5.74, 6) is 0. The van der Waals surface area contributed by atoms with E-state index in [1.165, 1.54) is 24.8 Å². The van der Waals surface area contributed by atoms with E-state index in [-0.39, 0.29) is 0 Å². The predicted octanol–water partition coefficient (Wildman–Crippen LogP) is 3.88. The first-order valence-corrected chi connectivity index (χ1v) is 6.27. The van der Waals surface area contributed by atoms with Crippen LogP contribution in [0.4, 0.5) is 0 Å². The van der Waals surface area contributed by atoms with Crippen molar-refractivity contribution in [3.05, 3.63) is 48.2 Å². The summed E-state index contributed by atoms with van der Waals surface area (Å²) in [5, 5.41) is 8.28. The molecular formula is C15H18N2. The quantitative estimate of drug-likeness (QED) is 0.723. The van der Waals surface area contributed by atoms with Crippen molar-refractivity contribution >= 4 is 0 Å². The highest BCUT2D eigenvalue weighted by molar-refractivity contribution is 5.58. The molecule has 0 spiro atoms. The summed E-state index contributed by atoms with van der Waals surface area (Å²) in [7, 11) is 0. The topological polar surface area (TPSA) is 25.8 Å². The Morgan fingerprint density at radius 3 is 2.65 bits per heavy atom. The first-order valence-electron chi connectivity index (χ1n) is 6.27. The number of rotatable bonds is 5. The van der Waals surface area contributed by atoms with E-state index in [2.05, 4.69) is 35.3 Å². The Morgan fingerprint density at radius 1 is 1.06 bits per heavy atom. The highest BCUT2D eigenvalue weighted by Crippen LogP contribution is 2.17. The summed E-state index contributed by atoms with van der Waals surface area (Å²) < 4.78 is 0. The summed E-state index contributed by atoms with van der Waals surface area (Å²) in [6, 6.07) is 12.4. The zero-order valence-electron chi connectivity index (χ0n) is 10.3. The third-order valence-electron chi connectivity index (χ3n) is 2.85. The number of aryl methyl sites for hydroxylation is 1. The molecule has 0 radical (unpaired) electrons. The van der Waals surface area contributed by atoms with Gasteiger partial charge in [0.2, 0.25) is 0 Å². The molecule has 88 valence electrons. The van der Waals surface area contributed by atoms with Crippen LogP contribution in [0.15, 0.2) is 42.6 Å². The lowest BCUT2D eigenvalue weighted by Crippen LogP contribution is -1.92. The maximum atomic E-state index is 4.19. The third kappa shape index (κ3) is 3.38. The van der Waals surface area contributed by atoms with Crippen LogP contribution in [0, 0.1) is 0 Å². The normalized spacial score (nSPS) is 10.4. The Bertz CT molecular complexity index is 451. The Kier molecular flexibility index (Phi) is 4.25. The van der Waals surface area contributed by atoms with E-state index in [1.807, 2.05) is 24.4 Å². The van der Waals surface area contributed by atoms with Crippen molar-refractivity contribution in [2.24, 2.45) is 0 Å². The SMILES string of the molecule is CCCCCc1cnnc(-c2ccccc2)c1. The molecule has 2 rings (SSSR count). The van der Waals surface area contributed by atoms with Crippen LogP contribution in [0.25, 0.3) is 11.3 Å². The van der Waals surface area contributed by atoms with Gasteiger partial charge in [-0.15, -0.1) is 0 Å². The van der Waals surface area contributed by atoms with Crippen molar-refractivity contribution in [3.63, 3.8) is 0 Å². The lowest BCUT2D eigenvalue weighted by molar-refractivity contribution is 0.714. The van der Waals surface area contributed by atoms with E-state index in [1.54, 1.807) is 0 Å². The first-order chi connectivity index (χ1) is 8.40. The standard InChI is InChI=1S/C15H18N2/c1-2-3-5-8-13-11-15(17-16-12-13)14-9-6-4-7-10-14/h4,6-7,9-12H,2-3,5,8H2,1H3. The van der Waals surface area contributed by atoms with Crippen LogP contribution < -0.4 is 0 Å². The van der Waals surface area contributed by atoms with Crippen LogP contribution in [-0.4, -0.2) is 10.2 Å². The van der Waals surface area contributed by atoms with Crippen LogP contribution in [-0.2, 0) is 6.42 Å². The molecule has 0 aliphatic rings. The molecular weight excluding hydrogens is 208 g/mol. The summed E-state index contributed by atoms with van der Waals surface area (Å²) >= 11 is 0. The molecule has 2 nitrogen and oxygen atoms in total. The lowest BCUT2D eigenvalue weighted by Gasteiger charge is -2.03. The van der Waals surface area contributed by atoms with Gasteiger partial charge >= 0.3 is 0 Å². The number of hydrogen-bond acceptors (Lipinski definition) is 2. The smallest absolute Gasteiger partial charge is 0.0932 e. The molecule has 0 unspecified atom stereocenters. The minimum Gasteiger partial charge on any atom is -0.158 e. The largest absolute Gasteiger partial charge is 0.158 e. The maximum Gasteiger partial charge on any atom is 0.0932 e. The third-order valence-corrected chi connectivity index (χ3v) is 2.85. The molecule has 1 aromatic carbocycles. The summed E-state index contributed by atoms with van der Waals surface area (Å²) in [6.45, 7) is 2.22. The zero-order valence-corrected chi connectivity index (χ0v) is 10.3. The van der Waals surface area contributed by atoms with Crippen LogP contribution in [0.1, 0.15) is 31.7 Å². The lowest BCUT2D eigenvalue weighted by atomic mass is 10.1. The molecule has 0 aliphatic heterocycles. The molecule has 2 aromatic rings. The van der Waals surface area contributed by atoms with Gasteiger partial charge in [0.15, 0.2) is 0 Å². The van der Waals surface area contributed by atoms with Crippen molar-refractivity contribution in [1.29, 1.82) is 0 Å². The minimum atomic E-state index is 0.972. The van der Waals surface area contributed by atoms with E-state index < -0.39 is 0 Å². The van der Waals surface area contributed by atoms with Gasteiger partial charge in [-0.3, -0.25) is 0 Å². The van der Waals surface area contributed by atoms with Gasteiger partial charge < -0.3 is 0 Å². The molecule has 1 aromatic heterocycles. The van der Waals surface area contributed by atoms with Gasteiger partial charge in [0.1, 0.15) is 0 Å². The second-order valence-electron chi connectivity index (χ2n) is 4.27. The molecule has 0 amide bonds. The van der Waals surface area contributed by atoms with Crippen LogP contribution in [0.2, 0.25) is 0 Å². The Labute approximate surface area is 103 Å². The zero-order chi connectivity index (χ0) is 11.9. The van der Waals surface area contributed by atoms with E-state index in [0.717, 1.165) is 17.7 Å². The van der Waals surface area contributed by atoms with Gasteiger partial charge in [-0.2, -0.15) is 10.2 Å². The molecule has 0 saturated heterocycles. The monoisotopic (exact) mass is 226 g/mol. The molecule has 0 atom stereocenters. The Balaban J connectivity index is 2.12. The second kappa shape index (κ2) is 6.14. The average molecular weight is 226 g/mol. The van der Waals surface area contributed by atoms with E-state index in [9.17, 15) is 0 Å². The van der Waals surface area contributed by atoms with Crippen LogP contribution >= 0.6 is 0 Å². The van der Waals surface area contributed by atoms with Gasteiger partial charge in [-0.1, -0.05) is 50.1 Å². The molecule has 0 N–H and O–H groups in total. The molecule has 17 heavy (non-hydrogen) atoms. The van der Waals surface area contributed by atoms with Gasteiger partial charge in [-0.05, 0) is 24.5 Å². The molecule has 0 fully saturated rings. The highest BCUT2D eigenvalue weighted by atomic mass is 15.1. The average Bonchev–Trinajstić information content (AvgIpc) is 2.41. The van der Waals surface area contributed by atoms with Crippen LogP contribution in [0.5, 0.6) is 0 Å². The van der Waals surface area contributed by atoms with Crippen molar-refractivity contribution in [3.8, 4) is 11.3 Å². The Morgan fingerprint density at radius 2 is 1.88 bits per heavy atom. The van der Waals surface area contributed by atoms with Gasteiger partial charge in [0.25, 0.3) is 0 Å². The fourth-order valence-corrected chi connectivity index (χ4v) is 1.87. The van der Waals surface area contributed by atoms with Gasteiger partial charge in [0.05, 0.1) is 11.9 Å². The second-order valence-corrected chi connectivity index (χ2v) is 4.27. The molecule has 0 saturated carbocycles. The highest BCUT2D eigenvalue weighted by Gasteiger charge is 2.01. The first kappa shape index (κ1) is 11.8. The number of hydrogen-bond donors (Lipinski definition) is 0. The molecule has 1 heterocycles. The van der Waals surface area contributed by atoms with Crippen molar-refractivity contribution in [1.82, 2.24) is 10.2 Å². The van der Waals surface area contributed by atoms with Gasteiger partial charge in [0, 0.05) is 5.56 Å². The van der Waals surface area contributed by atoms with Crippen molar-refractivity contribution in [2.45, 2.75) is 32.6 Å². The van der Waals surface area contributed by atoms with Crippen LogP contribution in [0.3, 0.4) is 0 Å². The predicted molar refractivity (Wildman–Crippen MR) is 70.7 cm³/mol. The molecule has 2 heteroatoms. The van der Waals surface area contributed by atoms with Crippen molar-refractivity contribution in [2.75, 3.05) is 0 Å². The summed E-state index contributed by atoms with van der Waals surface area (Å²) in [6.07, 6.45) is 6.74. The minimum absolute atomic E-state index is 0.972.